The van der Waals surface area contributed by atoms with Crippen LogP contribution in [0.5, 0.6) is 5.75 Å². The average molecular weight is 359 g/mol. The van der Waals surface area contributed by atoms with Gasteiger partial charge in [0.05, 0.1) is 17.7 Å². The number of benzene rings is 2. The predicted molar refractivity (Wildman–Crippen MR) is 90.9 cm³/mol. The molecule has 0 amide bonds. The fourth-order valence-corrected chi connectivity index (χ4v) is 4.94. The molecule has 1 atom stereocenters. The molecule has 6 nitrogen and oxygen atoms in total. The third-order valence-electron chi connectivity index (χ3n) is 4.62. The fourth-order valence-electron chi connectivity index (χ4n) is 3.25. The van der Waals surface area contributed by atoms with Gasteiger partial charge in [0, 0.05) is 0 Å². The normalized spacial score (nSPS) is 20.5. The molecule has 1 aliphatic carbocycles. The van der Waals surface area contributed by atoms with Crippen molar-refractivity contribution in [3.05, 3.63) is 54.6 Å². The van der Waals surface area contributed by atoms with Crippen LogP contribution in [0.25, 0.3) is 0 Å². The zero-order chi connectivity index (χ0) is 17.7. The Hall–Kier alpha value is -2.54. The summed E-state index contributed by atoms with van der Waals surface area (Å²) in [6, 6.07) is 13.9. The second-order valence-corrected chi connectivity index (χ2v) is 7.99. The summed E-state index contributed by atoms with van der Waals surface area (Å²) >= 11 is 0. The Labute approximate surface area is 146 Å². The van der Waals surface area contributed by atoms with Crippen molar-refractivity contribution in [3.63, 3.8) is 0 Å². The summed E-state index contributed by atoms with van der Waals surface area (Å²) in [7, 11) is -2.70. The maximum absolute atomic E-state index is 13.4. The third-order valence-corrected chi connectivity index (χ3v) is 6.41. The number of rotatable bonds is 3. The van der Waals surface area contributed by atoms with Crippen molar-refractivity contribution in [3.8, 4) is 5.75 Å². The van der Waals surface area contributed by atoms with Gasteiger partial charge in [-0.1, -0.05) is 30.3 Å². The number of sulfonamides is 1. The van der Waals surface area contributed by atoms with Gasteiger partial charge in [-0.05, 0) is 37.1 Å². The maximum Gasteiger partial charge on any atom is 0.333 e. The zero-order valence-corrected chi connectivity index (χ0v) is 14.4. The van der Waals surface area contributed by atoms with Crippen LogP contribution in [0.3, 0.4) is 0 Å². The molecule has 2 aliphatic rings. The Kier molecular flexibility index (Phi) is 3.50. The number of para-hydroxylation sites is 2. The predicted octanol–water partition coefficient (Wildman–Crippen LogP) is 2.35. The van der Waals surface area contributed by atoms with Crippen LogP contribution in [0.2, 0.25) is 0 Å². The molecule has 2 aromatic carbocycles. The van der Waals surface area contributed by atoms with Gasteiger partial charge >= 0.3 is 5.97 Å². The summed E-state index contributed by atoms with van der Waals surface area (Å²) in [5.41, 5.74) is -0.511. The van der Waals surface area contributed by atoms with E-state index in [9.17, 15) is 13.2 Å². The van der Waals surface area contributed by atoms with E-state index in [0.29, 0.717) is 24.3 Å². The van der Waals surface area contributed by atoms with E-state index in [-0.39, 0.29) is 4.90 Å². The van der Waals surface area contributed by atoms with E-state index in [1.807, 2.05) is 0 Å². The van der Waals surface area contributed by atoms with Crippen LogP contribution < -0.4 is 9.04 Å². The highest BCUT2D eigenvalue weighted by Gasteiger charge is 2.63. The minimum Gasteiger partial charge on any atom is -0.482 e. The van der Waals surface area contributed by atoms with E-state index >= 15 is 0 Å². The Bertz CT molecular complexity index is 921. The van der Waals surface area contributed by atoms with E-state index in [1.165, 1.54) is 23.5 Å². The second-order valence-electron chi connectivity index (χ2n) is 6.17. The lowest BCUT2D eigenvalue weighted by atomic mass is 10.1. The number of methoxy groups -OCH3 is 1. The number of carbonyl (C=O) groups is 1. The summed E-state index contributed by atoms with van der Waals surface area (Å²) in [5.74, 6) is -0.161. The van der Waals surface area contributed by atoms with Crippen molar-refractivity contribution in [1.82, 2.24) is 0 Å². The van der Waals surface area contributed by atoms with Crippen molar-refractivity contribution < 1.29 is 22.7 Å². The molecule has 0 bridgehead atoms. The van der Waals surface area contributed by atoms with Gasteiger partial charge < -0.3 is 9.47 Å². The molecule has 0 N–H and O–H groups in total. The molecule has 0 aromatic heterocycles. The Morgan fingerprint density at radius 2 is 1.76 bits per heavy atom. The minimum absolute atomic E-state index is 0.122. The zero-order valence-electron chi connectivity index (χ0n) is 13.6. The van der Waals surface area contributed by atoms with Crippen molar-refractivity contribution >= 4 is 21.7 Å². The van der Waals surface area contributed by atoms with Gasteiger partial charge in [-0.3, -0.25) is 0 Å². The van der Waals surface area contributed by atoms with Crippen LogP contribution in [-0.4, -0.2) is 33.1 Å². The monoisotopic (exact) mass is 359 g/mol. The number of carbonyl (C=O) groups excluding carboxylic acids is 1. The van der Waals surface area contributed by atoms with Gasteiger partial charge in [-0.25, -0.2) is 17.5 Å². The lowest BCUT2D eigenvalue weighted by molar-refractivity contribution is -0.145. The van der Waals surface area contributed by atoms with Gasteiger partial charge in [0.2, 0.25) is 0 Å². The highest BCUT2D eigenvalue weighted by Crippen LogP contribution is 2.53. The van der Waals surface area contributed by atoms with E-state index in [2.05, 4.69) is 0 Å². The van der Waals surface area contributed by atoms with E-state index in [4.69, 9.17) is 9.47 Å². The van der Waals surface area contributed by atoms with Gasteiger partial charge in [-0.2, -0.15) is 0 Å². The van der Waals surface area contributed by atoms with Crippen molar-refractivity contribution in [2.75, 3.05) is 11.4 Å². The van der Waals surface area contributed by atoms with Crippen molar-refractivity contribution in [2.45, 2.75) is 29.4 Å². The maximum atomic E-state index is 13.4. The first-order valence-electron chi connectivity index (χ1n) is 7.95. The summed E-state index contributed by atoms with van der Waals surface area (Å²) in [6.07, 6.45) is 1.20. The second kappa shape index (κ2) is 5.49. The SMILES string of the molecule is COC(=O)C1N(S(=O)(=O)c2ccccc2)c2ccccc2OC12CC2. The number of hydrogen-bond acceptors (Lipinski definition) is 5. The largest absolute Gasteiger partial charge is 0.482 e. The number of hydrogen-bond donors (Lipinski definition) is 0. The Morgan fingerprint density at radius 3 is 2.40 bits per heavy atom. The molecular weight excluding hydrogens is 342 g/mol. The quantitative estimate of drug-likeness (QED) is 0.787. The number of esters is 1. The van der Waals surface area contributed by atoms with E-state index in [0.717, 1.165) is 0 Å². The highest BCUT2D eigenvalue weighted by atomic mass is 32.2. The van der Waals surface area contributed by atoms with Crippen LogP contribution in [-0.2, 0) is 19.6 Å². The number of anilines is 1. The van der Waals surface area contributed by atoms with Crippen LogP contribution in [0.4, 0.5) is 5.69 Å². The summed E-state index contributed by atoms with van der Waals surface area (Å²) < 4.78 is 38.8. The van der Waals surface area contributed by atoms with Crippen LogP contribution in [0, 0.1) is 0 Å². The number of fused-ring (bicyclic) bond motifs is 1. The van der Waals surface area contributed by atoms with Crippen LogP contribution >= 0.6 is 0 Å². The van der Waals surface area contributed by atoms with Gasteiger partial charge in [0.15, 0.2) is 6.04 Å². The molecule has 0 saturated heterocycles. The van der Waals surface area contributed by atoms with Gasteiger partial charge in [-0.15, -0.1) is 0 Å². The molecule has 25 heavy (non-hydrogen) atoms. The smallest absolute Gasteiger partial charge is 0.333 e. The molecule has 0 radical (unpaired) electrons. The van der Waals surface area contributed by atoms with Crippen molar-refractivity contribution in [2.24, 2.45) is 0 Å². The third kappa shape index (κ3) is 2.38. The van der Waals surface area contributed by atoms with Crippen molar-refractivity contribution in [1.29, 1.82) is 0 Å². The lowest BCUT2D eigenvalue weighted by Crippen LogP contribution is -2.58. The first-order chi connectivity index (χ1) is 12.0. The molecule has 1 spiro atoms. The molecule has 130 valence electrons. The first-order valence-corrected chi connectivity index (χ1v) is 9.39. The summed E-state index contributed by atoms with van der Waals surface area (Å²) in [6.45, 7) is 0. The van der Waals surface area contributed by atoms with Gasteiger partial charge in [0.1, 0.15) is 11.4 Å². The molecule has 1 unspecified atom stereocenters. The molecule has 1 aliphatic heterocycles. The number of nitrogens with zero attached hydrogens (tertiary/aromatic N) is 1. The molecule has 2 aromatic rings. The molecule has 1 fully saturated rings. The summed E-state index contributed by atoms with van der Waals surface area (Å²) in [5, 5.41) is 0. The highest BCUT2D eigenvalue weighted by molar-refractivity contribution is 7.93. The van der Waals surface area contributed by atoms with Gasteiger partial charge in [0.25, 0.3) is 10.0 Å². The average Bonchev–Trinajstić information content (AvgIpc) is 3.40. The summed E-state index contributed by atoms with van der Waals surface area (Å²) in [4.78, 5) is 12.6. The molecule has 1 heterocycles. The van der Waals surface area contributed by atoms with Crippen LogP contribution in [0.15, 0.2) is 59.5 Å². The fraction of sp³-hybridized carbons (Fsp3) is 0.278. The standard InChI is InChI=1S/C18H17NO5S/c1-23-17(20)16-18(11-12-18)24-15-10-6-5-9-14(15)19(16)25(21,22)13-7-3-2-4-8-13/h2-10,16H,11-12H2,1H3. The Balaban J connectivity index is 1.94. The number of ether oxygens (including phenoxy) is 2. The lowest BCUT2D eigenvalue weighted by Gasteiger charge is -2.41. The molecule has 4 rings (SSSR count). The topological polar surface area (TPSA) is 72.9 Å². The van der Waals surface area contributed by atoms with Crippen LogP contribution in [0.1, 0.15) is 12.8 Å². The molecular formula is C18H17NO5S. The molecule has 7 heteroatoms. The van der Waals surface area contributed by atoms with E-state index in [1.54, 1.807) is 42.5 Å². The first kappa shape index (κ1) is 16.0. The Morgan fingerprint density at radius 1 is 1.12 bits per heavy atom. The molecule has 1 saturated carbocycles. The van der Waals surface area contributed by atoms with E-state index < -0.39 is 27.6 Å². The minimum atomic E-state index is -3.96.